The van der Waals surface area contributed by atoms with E-state index in [4.69, 9.17) is 5.11 Å². The highest BCUT2D eigenvalue weighted by molar-refractivity contribution is 7.11. The maximum atomic E-state index is 11.2. The van der Waals surface area contributed by atoms with Crippen molar-refractivity contribution in [2.45, 2.75) is 6.92 Å². The average molecular weight is 186 g/mol. The Balaban J connectivity index is 2.59. The number of aryl methyl sites for hydroxylation is 1. The van der Waals surface area contributed by atoms with E-state index in [0.29, 0.717) is 4.88 Å². The predicted molar refractivity (Wildman–Crippen MR) is 46.3 cm³/mol. The van der Waals surface area contributed by atoms with Crippen LogP contribution in [-0.2, 0) is 0 Å². The van der Waals surface area contributed by atoms with Gasteiger partial charge >= 0.3 is 0 Å². The summed E-state index contributed by atoms with van der Waals surface area (Å²) >= 11 is 1.30. The summed E-state index contributed by atoms with van der Waals surface area (Å²) in [4.78, 5) is 15.8. The fourth-order valence-corrected chi connectivity index (χ4v) is 1.49. The molecule has 1 amide bonds. The molecule has 0 unspecified atom stereocenters. The molecule has 0 saturated carbocycles. The standard InChI is InChI=1S/C7H10N2O2S/c1-5-6(12-4-9-5)7(11)8-2-3-10/h4,10H,2-3H2,1H3,(H,8,11). The summed E-state index contributed by atoms with van der Waals surface area (Å²) in [5.74, 6) is -0.163. The highest BCUT2D eigenvalue weighted by Crippen LogP contribution is 2.10. The molecule has 0 saturated heterocycles. The molecule has 1 aromatic rings. The summed E-state index contributed by atoms with van der Waals surface area (Å²) < 4.78 is 0. The van der Waals surface area contributed by atoms with Crippen LogP contribution in [0.2, 0.25) is 0 Å². The minimum absolute atomic E-state index is 0.0381. The van der Waals surface area contributed by atoms with Gasteiger partial charge in [-0.15, -0.1) is 11.3 Å². The molecular weight excluding hydrogens is 176 g/mol. The Bertz CT molecular complexity index is 272. The lowest BCUT2D eigenvalue weighted by Crippen LogP contribution is -2.26. The lowest BCUT2D eigenvalue weighted by Gasteiger charge is -1.99. The van der Waals surface area contributed by atoms with Gasteiger partial charge in [-0.1, -0.05) is 0 Å². The first kappa shape index (κ1) is 9.15. The minimum Gasteiger partial charge on any atom is -0.395 e. The molecule has 1 rings (SSSR count). The normalized spacial score (nSPS) is 9.83. The Morgan fingerprint density at radius 1 is 1.83 bits per heavy atom. The van der Waals surface area contributed by atoms with Crippen LogP contribution in [0.25, 0.3) is 0 Å². The number of nitrogens with zero attached hydrogens (tertiary/aromatic N) is 1. The zero-order chi connectivity index (χ0) is 8.97. The number of amides is 1. The molecule has 2 N–H and O–H groups in total. The highest BCUT2D eigenvalue weighted by atomic mass is 32.1. The van der Waals surface area contributed by atoms with Crippen LogP contribution in [0.5, 0.6) is 0 Å². The van der Waals surface area contributed by atoms with E-state index in [9.17, 15) is 4.79 Å². The quantitative estimate of drug-likeness (QED) is 0.707. The molecule has 0 aliphatic heterocycles. The van der Waals surface area contributed by atoms with Crippen molar-refractivity contribution in [2.24, 2.45) is 0 Å². The Morgan fingerprint density at radius 2 is 2.58 bits per heavy atom. The zero-order valence-corrected chi connectivity index (χ0v) is 7.52. The monoisotopic (exact) mass is 186 g/mol. The number of carbonyl (C=O) groups excluding carboxylic acids is 1. The number of aliphatic hydroxyl groups is 1. The predicted octanol–water partition coefficient (Wildman–Crippen LogP) is 0.174. The van der Waals surface area contributed by atoms with Gasteiger partial charge in [0.25, 0.3) is 5.91 Å². The SMILES string of the molecule is Cc1ncsc1C(=O)NCCO. The summed E-state index contributed by atoms with van der Waals surface area (Å²) in [6, 6.07) is 0. The summed E-state index contributed by atoms with van der Waals surface area (Å²) in [5, 5.41) is 11.0. The summed E-state index contributed by atoms with van der Waals surface area (Å²) in [6.45, 7) is 2.03. The topological polar surface area (TPSA) is 62.2 Å². The second-order valence-corrected chi connectivity index (χ2v) is 3.10. The molecule has 0 aliphatic carbocycles. The van der Waals surface area contributed by atoms with Crippen LogP contribution in [0.15, 0.2) is 5.51 Å². The fourth-order valence-electron chi connectivity index (χ4n) is 0.770. The van der Waals surface area contributed by atoms with Gasteiger partial charge in [0.1, 0.15) is 4.88 Å². The maximum absolute atomic E-state index is 11.2. The van der Waals surface area contributed by atoms with Crippen LogP contribution in [-0.4, -0.2) is 29.1 Å². The number of thiazole rings is 1. The zero-order valence-electron chi connectivity index (χ0n) is 6.70. The fraction of sp³-hybridized carbons (Fsp3) is 0.429. The van der Waals surface area contributed by atoms with E-state index in [2.05, 4.69) is 10.3 Å². The lowest BCUT2D eigenvalue weighted by molar-refractivity contribution is 0.0948. The van der Waals surface area contributed by atoms with Gasteiger partial charge in [-0.05, 0) is 6.92 Å². The second kappa shape index (κ2) is 4.18. The third-order valence-electron chi connectivity index (χ3n) is 1.35. The molecule has 0 bridgehead atoms. The van der Waals surface area contributed by atoms with Gasteiger partial charge < -0.3 is 10.4 Å². The molecule has 0 fully saturated rings. The number of aromatic nitrogens is 1. The van der Waals surface area contributed by atoms with Crippen LogP contribution in [0.3, 0.4) is 0 Å². The van der Waals surface area contributed by atoms with Gasteiger partial charge in [-0.3, -0.25) is 4.79 Å². The molecular formula is C7H10N2O2S. The number of hydrogen-bond acceptors (Lipinski definition) is 4. The van der Waals surface area contributed by atoms with Crippen molar-refractivity contribution in [3.8, 4) is 0 Å². The van der Waals surface area contributed by atoms with Crippen molar-refractivity contribution in [1.82, 2.24) is 10.3 Å². The third-order valence-corrected chi connectivity index (χ3v) is 2.28. The number of carbonyl (C=O) groups is 1. The van der Waals surface area contributed by atoms with Gasteiger partial charge in [0.15, 0.2) is 0 Å². The third kappa shape index (κ3) is 2.02. The first-order valence-electron chi connectivity index (χ1n) is 3.55. The first-order chi connectivity index (χ1) is 5.75. The lowest BCUT2D eigenvalue weighted by atomic mass is 10.4. The van der Waals surface area contributed by atoms with Gasteiger partial charge in [-0.2, -0.15) is 0 Å². The number of rotatable bonds is 3. The molecule has 0 atom stereocenters. The smallest absolute Gasteiger partial charge is 0.263 e. The van der Waals surface area contributed by atoms with Crippen molar-refractivity contribution in [3.63, 3.8) is 0 Å². The average Bonchev–Trinajstić information content (AvgIpc) is 2.47. The Hall–Kier alpha value is -0.940. The molecule has 0 aromatic carbocycles. The van der Waals surface area contributed by atoms with E-state index in [0.717, 1.165) is 5.69 Å². The summed E-state index contributed by atoms with van der Waals surface area (Å²) in [5.41, 5.74) is 2.36. The number of nitrogens with one attached hydrogen (secondary N) is 1. The van der Waals surface area contributed by atoms with E-state index in [1.165, 1.54) is 11.3 Å². The van der Waals surface area contributed by atoms with Crippen LogP contribution in [0, 0.1) is 6.92 Å². The maximum Gasteiger partial charge on any atom is 0.263 e. The van der Waals surface area contributed by atoms with E-state index >= 15 is 0 Å². The highest BCUT2D eigenvalue weighted by Gasteiger charge is 2.09. The molecule has 0 aliphatic rings. The molecule has 0 radical (unpaired) electrons. The van der Waals surface area contributed by atoms with Crippen molar-refractivity contribution in [3.05, 3.63) is 16.1 Å². The van der Waals surface area contributed by atoms with Crippen LogP contribution < -0.4 is 5.32 Å². The molecule has 66 valence electrons. The van der Waals surface area contributed by atoms with Gasteiger partial charge in [0.2, 0.25) is 0 Å². The molecule has 1 heterocycles. The first-order valence-corrected chi connectivity index (χ1v) is 4.43. The van der Waals surface area contributed by atoms with Crippen molar-refractivity contribution < 1.29 is 9.90 Å². The van der Waals surface area contributed by atoms with Crippen LogP contribution in [0.1, 0.15) is 15.4 Å². The van der Waals surface area contributed by atoms with E-state index in [1.54, 1.807) is 12.4 Å². The largest absolute Gasteiger partial charge is 0.395 e. The van der Waals surface area contributed by atoms with Crippen molar-refractivity contribution >= 4 is 17.2 Å². The van der Waals surface area contributed by atoms with Crippen molar-refractivity contribution in [2.75, 3.05) is 13.2 Å². The van der Waals surface area contributed by atoms with E-state index in [1.807, 2.05) is 0 Å². The molecule has 1 aromatic heterocycles. The molecule has 5 heteroatoms. The molecule has 0 spiro atoms. The van der Waals surface area contributed by atoms with E-state index < -0.39 is 0 Å². The van der Waals surface area contributed by atoms with Crippen molar-refractivity contribution in [1.29, 1.82) is 0 Å². The molecule has 4 nitrogen and oxygen atoms in total. The number of aliphatic hydroxyl groups excluding tert-OH is 1. The second-order valence-electron chi connectivity index (χ2n) is 2.25. The summed E-state index contributed by atoms with van der Waals surface area (Å²) in [6.07, 6.45) is 0. The van der Waals surface area contributed by atoms with Crippen LogP contribution >= 0.6 is 11.3 Å². The van der Waals surface area contributed by atoms with Gasteiger partial charge in [0, 0.05) is 6.54 Å². The Morgan fingerprint density at radius 3 is 3.08 bits per heavy atom. The van der Waals surface area contributed by atoms with E-state index in [-0.39, 0.29) is 19.1 Å². The van der Waals surface area contributed by atoms with Gasteiger partial charge in [-0.25, -0.2) is 4.98 Å². The van der Waals surface area contributed by atoms with Crippen LogP contribution in [0.4, 0.5) is 0 Å². The molecule has 12 heavy (non-hydrogen) atoms. The Kier molecular flexibility index (Phi) is 3.19. The minimum atomic E-state index is -0.163. The summed E-state index contributed by atoms with van der Waals surface area (Å²) in [7, 11) is 0. The Labute approximate surface area is 74.3 Å². The van der Waals surface area contributed by atoms with Gasteiger partial charge in [0.05, 0.1) is 17.8 Å². The number of hydrogen-bond donors (Lipinski definition) is 2.